The summed E-state index contributed by atoms with van der Waals surface area (Å²) in [6.07, 6.45) is -0.522. The van der Waals surface area contributed by atoms with Gasteiger partial charge in [0.15, 0.2) is 0 Å². The Hall–Kier alpha value is -2.44. The minimum atomic E-state index is -1.03. The number of aliphatic carboxylic acids is 1. The van der Waals surface area contributed by atoms with Gasteiger partial charge in [-0.3, -0.25) is 0 Å². The Morgan fingerprint density at radius 2 is 1.96 bits per heavy atom. The highest BCUT2D eigenvalue weighted by molar-refractivity contribution is 6.35. The summed E-state index contributed by atoms with van der Waals surface area (Å²) in [6, 6.07) is 10.9. The first-order valence-electron chi connectivity index (χ1n) is 7.89. The van der Waals surface area contributed by atoms with E-state index < -0.39 is 24.1 Å². The molecule has 0 bridgehead atoms. The Balaban J connectivity index is 1.76. The van der Waals surface area contributed by atoms with Crippen LogP contribution in [0.1, 0.15) is 23.6 Å². The fourth-order valence-corrected chi connectivity index (χ4v) is 3.48. The van der Waals surface area contributed by atoms with E-state index in [2.05, 4.69) is 10.6 Å². The second-order valence-electron chi connectivity index (χ2n) is 5.88. The van der Waals surface area contributed by atoms with Gasteiger partial charge < -0.3 is 20.5 Å². The number of nitrogens with one attached hydrogen (secondary N) is 2. The molecule has 0 spiro atoms. The number of amides is 1. The van der Waals surface area contributed by atoms with Crippen LogP contribution in [0.5, 0.6) is 0 Å². The molecule has 0 fully saturated rings. The van der Waals surface area contributed by atoms with E-state index in [1.165, 1.54) is 0 Å². The summed E-state index contributed by atoms with van der Waals surface area (Å²) >= 11 is 12.3. The second kappa shape index (κ2) is 7.85. The molecule has 3 rings (SSSR count). The van der Waals surface area contributed by atoms with Crippen molar-refractivity contribution in [3.8, 4) is 0 Å². The van der Waals surface area contributed by atoms with Crippen LogP contribution in [0.2, 0.25) is 10.0 Å². The second-order valence-corrected chi connectivity index (χ2v) is 6.72. The number of alkyl carbamates (subject to hydrolysis) is 1. The third kappa shape index (κ3) is 4.20. The zero-order chi connectivity index (χ0) is 18.7. The number of hydrogen-bond donors (Lipinski definition) is 3. The summed E-state index contributed by atoms with van der Waals surface area (Å²) in [5.41, 5.74) is 1.92. The van der Waals surface area contributed by atoms with E-state index in [1.54, 1.807) is 12.1 Å². The maximum Gasteiger partial charge on any atom is 0.407 e. The predicted octanol–water partition coefficient (Wildman–Crippen LogP) is 4.23. The van der Waals surface area contributed by atoms with Crippen LogP contribution in [0.15, 0.2) is 42.5 Å². The molecular weight excluding hydrogens is 379 g/mol. The Kier molecular flexibility index (Phi) is 5.54. The standard InChI is InChI=1S/C18H16Cl2N2O4/c19-11-6-12(20)16-13(7-11)21-15(17(23)24)8-14(16)22-18(25)26-9-10-4-2-1-3-5-10/h1-7,14-15,21H,8-9H2,(H,22,25)(H,23,24)/t14-,15+/m0/s1. The molecule has 0 saturated carbocycles. The first-order chi connectivity index (χ1) is 12.4. The summed E-state index contributed by atoms with van der Waals surface area (Å²) in [6.45, 7) is 0.112. The quantitative estimate of drug-likeness (QED) is 0.721. The Morgan fingerprint density at radius 1 is 1.23 bits per heavy atom. The maximum absolute atomic E-state index is 12.2. The lowest BCUT2D eigenvalue weighted by atomic mass is 9.93. The highest BCUT2D eigenvalue weighted by atomic mass is 35.5. The Bertz CT molecular complexity index is 829. The molecule has 2 aromatic carbocycles. The van der Waals surface area contributed by atoms with Gasteiger partial charge in [0.1, 0.15) is 12.6 Å². The average molecular weight is 395 g/mol. The number of carbonyl (C=O) groups excluding carboxylic acids is 1. The molecule has 3 N–H and O–H groups in total. The number of hydrogen-bond acceptors (Lipinski definition) is 4. The van der Waals surface area contributed by atoms with Crippen molar-refractivity contribution >= 4 is 41.0 Å². The van der Waals surface area contributed by atoms with Crippen LogP contribution in [-0.2, 0) is 16.1 Å². The van der Waals surface area contributed by atoms with Crippen molar-refractivity contribution in [1.29, 1.82) is 0 Å². The molecule has 0 aliphatic carbocycles. The number of carboxylic acids is 1. The normalized spacial score (nSPS) is 18.4. The number of rotatable bonds is 4. The zero-order valence-corrected chi connectivity index (χ0v) is 15.1. The molecule has 1 aliphatic heterocycles. The monoisotopic (exact) mass is 394 g/mol. The largest absolute Gasteiger partial charge is 0.480 e. The van der Waals surface area contributed by atoms with Crippen LogP contribution in [0.3, 0.4) is 0 Å². The van der Waals surface area contributed by atoms with Crippen molar-refractivity contribution in [1.82, 2.24) is 5.32 Å². The molecule has 1 amide bonds. The van der Waals surface area contributed by atoms with Crippen molar-refractivity contribution in [2.24, 2.45) is 0 Å². The lowest BCUT2D eigenvalue weighted by Gasteiger charge is -2.32. The predicted molar refractivity (Wildman–Crippen MR) is 98.6 cm³/mol. The van der Waals surface area contributed by atoms with Gasteiger partial charge in [0.25, 0.3) is 0 Å². The molecule has 0 radical (unpaired) electrons. The third-order valence-corrected chi connectivity index (χ3v) is 4.58. The minimum absolute atomic E-state index is 0.112. The van der Waals surface area contributed by atoms with Gasteiger partial charge >= 0.3 is 12.1 Å². The van der Waals surface area contributed by atoms with Gasteiger partial charge in [-0.05, 0) is 17.7 Å². The summed E-state index contributed by atoms with van der Waals surface area (Å²) < 4.78 is 5.22. The van der Waals surface area contributed by atoms with E-state index in [1.807, 2.05) is 30.3 Å². The molecule has 0 unspecified atom stereocenters. The van der Waals surface area contributed by atoms with Gasteiger partial charge in [0, 0.05) is 27.7 Å². The lowest BCUT2D eigenvalue weighted by molar-refractivity contribution is -0.138. The molecule has 8 heteroatoms. The third-order valence-electron chi connectivity index (χ3n) is 4.05. The van der Waals surface area contributed by atoms with Crippen LogP contribution in [-0.4, -0.2) is 23.2 Å². The van der Waals surface area contributed by atoms with E-state index >= 15 is 0 Å². The molecule has 0 saturated heterocycles. The maximum atomic E-state index is 12.2. The molecule has 1 aliphatic rings. The van der Waals surface area contributed by atoms with Crippen LogP contribution in [0.25, 0.3) is 0 Å². The van der Waals surface area contributed by atoms with Crippen LogP contribution < -0.4 is 10.6 Å². The molecule has 0 aromatic heterocycles. The Labute approximate surface area is 160 Å². The van der Waals surface area contributed by atoms with E-state index in [9.17, 15) is 14.7 Å². The number of carboxylic acid groups (broad SMARTS) is 1. The zero-order valence-electron chi connectivity index (χ0n) is 13.5. The molecule has 1 heterocycles. The SMILES string of the molecule is O=C(N[C@H]1C[C@H](C(=O)O)Nc2cc(Cl)cc(Cl)c21)OCc1ccccc1. The van der Waals surface area contributed by atoms with Gasteiger partial charge in [0.2, 0.25) is 0 Å². The van der Waals surface area contributed by atoms with Crippen molar-refractivity contribution in [2.75, 3.05) is 5.32 Å². The van der Waals surface area contributed by atoms with E-state index in [0.29, 0.717) is 21.3 Å². The summed E-state index contributed by atoms with van der Waals surface area (Å²) in [5.74, 6) is -1.03. The first kappa shape index (κ1) is 18.4. The summed E-state index contributed by atoms with van der Waals surface area (Å²) in [7, 11) is 0. The average Bonchev–Trinajstić information content (AvgIpc) is 2.60. The van der Waals surface area contributed by atoms with E-state index in [-0.39, 0.29) is 13.0 Å². The molecule has 2 aromatic rings. The molecule has 136 valence electrons. The molecule has 2 atom stereocenters. The highest BCUT2D eigenvalue weighted by Crippen LogP contribution is 2.39. The number of ether oxygens (including phenoxy) is 1. The Morgan fingerprint density at radius 3 is 2.65 bits per heavy atom. The number of halogens is 2. The lowest BCUT2D eigenvalue weighted by Crippen LogP contribution is -2.41. The summed E-state index contributed by atoms with van der Waals surface area (Å²) in [5, 5.41) is 15.6. The van der Waals surface area contributed by atoms with Gasteiger partial charge in [-0.15, -0.1) is 0 Å². The van der Waals surface area contributed by atoms with Crippen molar-refractivity contribution < 1.29 is 19.4 Å². The fraction of sp³-hybridized carbons (Fsp3) is 0.222. The molecular formula is C18H16Cl2N2O4. The fourth-order valence-electron chi connectivity index (χ4n) is 2.86. The van der Waals surface area contributed by atoms with Crippen LogP contribution in [0, 0.1) is 0 Å². The number of benzene rings is 2. The number of carbonyl (C=O) groups is 2. The van der Waals surface area contributed by atoms with Crippen LogP contribution in [0.4, 0.5) is 10.5 Å². The highest BCUT2D eigenvalue weighted by Gasteiger charge is 2.33. The van der Waals surface area contributed by atoms with Crippen LogP contribution >= 0.6 is 23.2 Å². The van der Waals surface area contributed by atoms with Gasteiger partial charge in [-0.1, -0.05) is 53.5 Å². The van der Waals surface area contributed by atoms with E-state index in [4.69, 9.17) is 27.9 Å². The molecule has 6 nitrogen and oxygen atoms in total. The van der Waals surface area contributed by atoms with Gasteiger partial charge in [0.05, 0.1) is 6.04 Å². The smallest absolute Gasteiger partial charge is 0.407 e. The van der Waals surface area contributed by atoms with Crippen molar-refractivity contribution in [3.63, 3.8) is 0 Å². The van der Waals surface area contributed by atoms with E-state index in [0.717, 1.165) is 5.56 Å². The number of fused-ring (bicyclic) bond motifs is 1. The topological polar surface area (TPSA) is 87.7 Å². The number of anilines is 1. The van der Waals surface area contributed by atoms with Gasteiger partial charge in [-0.25, -0.2) is 9.59 Å². The van der Waals surface area contributed by atoms with Crippen molar-refractivity contribution in [2.45, 2.75) is 25.1 Å². The van der Waals surface area contributed by atoms with Gasteiger partial charge in [-0.2, -0.15) is 0 Å². The molecule has 26 heavy (non-hydrogen) atoms. The minimum Gasteiger partial charge on any atom is -0.480 e. The first-order valence-corrected chi connectivity index (χ1v) is 8.65. The summed E-state index contributed by atoms with van der Waals surface area (Å²) in [4.78, 5) is 23.6. The van der Waals surface area contributed by atoms with Crippen molar-refractivity contribution in [3.05, 3.63) is 63.6 Å².